The summed E-state index contributed by atoms with van der Waals surface area (Å²) in [6.07, 6.45) is 0.117. The van der Waals surface area contributed by atoms with Crippen LogP contribution in [0.15, 0.2) is 71.6 Å². The van der Waals surface area contributed by atoms with E-state index in [1.165, 1.54) is 12.1 Å². The molecule has 0 bridgehead atoms. The lowest BCUT2D eigenvalue weighted by Gasteiger charge is -2.15. The summed E-state index contributed by atoms with van der Waals surface area (Å²) >= 11 is 0. The van der Waals surface area contributed by atoms with Crippen molar-refractivity contribution >= 4 is 27.6 Å². The lowest BCUT2D eigenvalue weighted by Crippen LogP contribution is -2.19. The Kier molecular flexibility index (Phi) is 5.24. The van der Waals surface area contributed by atoms with Crippen molar-refractivity contribution in [3.8, 4) is 11.1 Å². The van der Waals surface area contributed by atoms with Crippen LogP contribution >= 0.6 is 0 Å². The Labute approximate surface area is 179 Å². The highest BCUT2D eigenvalue weighted by Gasteiger charge is 2.29. The molecule has 7 nitrogen and oxygen atoms in total. The van der Waals surface area contributed by atoms with E-state index >= 15 is 0 Å². The Morgan fingerprint density at radius 2 is 1.55 bits per heavy atom. The van der Waals surface area contributed by atoms with Gasteiger partial charge in [0.05, 0.1) is 16.1 Å². The first-order valence-electron chi connectivity index (χ1n) is 9.45. The van der Waals surface area contributed by atoms with E-state index in [4.69, 9.17) is 9.84 Å². The van der Waals surface area contributed by atoms with E-state index in [2.05, 4.69) is 5.32 Å². The number of nitrogens with one attached hydrogen (secondary N) is 1. The number of aromatic carboxylic acids is 1. The van der Waals surface area contributed by atoms with Crippen molar-refractivity contribution in [3.05, 3.63) is 83.4 Å². The highest BCUT2D eigenvalue weighted by atomic mass is 32.2. The monoisotopic (exact) mass is 437 g/mol. The number of carboxylic acids is 1. The molecular formula is C23H19NO6S. The topological polar surface area (TPSA) is 110 Å². The van der Waals surface area contributed by atoms with Gasteiger partial charge in [-0.05, 0) is 40.5 Å². The van der Waals surface area contributed by atoms with Crippen LogP contribution in [0.3, 0.4) is 0 Å². The van der Waals surface area contributed by atoms with Gasteiger partial charge in [-0.3, -0.25) is 5.32 Å². The third-order valence-corrected chi connectivity index (χ3v) is 6.35. The van der Waals surface area contributed by atoms with Crippen LogP contribution in [-0.4, -0.2) is 38.4 Å². The molecule has 0 heterocycles. The predicted molar refractivity (Wildman–Crippen MR) is 115 cm³/mol. The summed E-state index contributed by atoms with van der Waals surface area (Å²) < 4.78 is 29.6. The molecule has 0 saturated heterocycles. The van der Waals surface area contributed by atoms with Gasteiger partial charge >= 0.3 is 12.1 Å². The number of benzene rings is 3. The van der Waals surface area contributed by atoms with Gasteiger partial charge in [0.2, 0.25) is 0 Å². The average Bonchev–Trinajstić information content (AvgIpc) is 3.05. The molecule has 0 aromatic heterocycles. The molecule has 0 saturated carbocycles. The standard InChI is InChI=1S/C23H19NO6S/c1-31(28,29)21-12-14(22(25)26)10-11-20(21)24-23(27)30-13-19-17-8-4-2-6-15(17)16-7-3-5-9-18(16)19/h2-12,19H,13H2,1H3,(H,24,27)(H,25,26). The van der Waals surface area contributed by atoms with Gasteiger partial charge in [0.1, 0.15) is 6.61 Å². The summed E-state index contributed by atoms with van der Waals surface area (Å²) in [5.74, 6) is -1.40. The van der Waals surface area contributed by atoms with Gasteiger partial charge in [-0.2, -0.15) is 0 Å². The van der Waals surface area contributed by atoms with E-state index in [0.717, 1.165) is 34.6 Å². The molecule has 3 aromatic carbocycles. The Morgan fingerprint density at radius 1 is 0.968 bits per heavy atom. The first-order chi connectivity index (χ1) is 14.8. The van der Waals surface area contributed by atoms with Crippen LogP contribution in [0.5, 0.6) is 0 Å². The number of amides is 1. The van der Waals surface area contributed by atoms with Crippen LogP contribution in [-0.2, 0) is 14.6 Å². The summed E-state index contributed by atoms with van der Waals surface area (Å²) in [7, 11) is -3.78. The zero-order chi connectivity index (χ0) is 22.2. The first-order valence-corrected chi connectivity index (χ1v) is 11.3. The predicted octanol–water partition coefficient (Wildman–Crippen LogP) is 4.15. The summed E-state index contributed by atoms with van der Waals surface area (Å²) in [6.45, 7) is 0.0707. The maximum Gasteiger partial charge on any atom is 0.411 e. The minimum absolute atomic E-state index is 0.0373. The quantitative estimate of drug-likeness (QED) is 0.621. The zero-order valence-electron chi connectivity index (χ0n) is 16.5. The Bertz CT molecular complexity index is 1250. The number of anilines is 1. The van der Waals surface area contributed by atoms with Crippen LogP contribution in [0.25, 0.3) is 11.1 Å². The molecule has 3 aromatic rings. The van der Waals surface area contributed by atoms with E-state index in [-0.39, 0.29) is 28.7 Å². The second-order valence-electron chi connectivity index (χ2n) is 7.24. The van der Waals surface area contributed by atoms with Gasteiger partial charge in [0.15, 0.2) is 9.84 Å². The average molecular weight is 437 g/mol. The highest BCUT2D eigenvalue weighted by Crippen LogP contribution is 2.44. The molecule has 2 N–H and O–H groups in total. The fraction of sp³-hybridized carbons (Fsp3) is 0.130. The summed E-state index contributed by atoms with van der Waals surface area (Å²) in [5, 5.41) is 11.5. The minimum Gasteiger partial charge on any atom is -0.478 e. The van der Waals surface area contributed by atoms with E-state index in [0.29, 0.717) is 0 Å². The molecule has 4 rings (SSSR count). The summed E-state index contributed by atoms with van der Waals surface area (Å²) in [5.41, 5.74) is 4.06. The molecule has 8 heteroatoms. The number of fused-ring (bicyclic) bond motifs is 3. The van der Waals surface area contributed by atoms with Gasteiger partial charge < -0.3 is 9.84 Å². The number of hydrogen-bond acceptors (Lipinski definition) is 5. The fourth-order valence-electron chi connectivity index (χ4n) is 3.81. The largest absolute Gasteiger partial charge is 0.478 e. The van der Waals surface area contributed by atoms with E-state index in [1.54, 1.807) is 0 Å². The van der Waals surface area contributed by atoms with Crippen LogP contribution in [0, 0.1) is 0 Å². The Morgan fingerprint density at radius 3 is 2.10 bits per heavy atom. The fourth-order valence-corrected chi connectivity index (χ4v) is 4.67. The van der Waals surface area contributed by atoms with Crippen molar-refractivity contribution in [2.45, 2.75) is 10.8 Å². The van der Waals surface area contributed by atoms with Crippen LogP contribution < -0.4 is 5.32 Å². The molecule has 158 valence electrons. The molecule has 0 fully saturated rings. The maximum absolute atomic E-state index is 12.4. The van der Waals surface area contributed by atoms with Crippen LogP contribution in [0.4, 0.5) is 10.5 Å². The lowest BCUT2D eigenvalue weighted by atomic mass is 9.98. The van der Waals surface area contributed by atoms with Crippen molar-refractivity contribution in [3.63, 3.8) is 0 Å². The summed E-state index contributed by atoms with van der Waals surface area (Å²) in [6, 6.07) is 19.3. The maximum atomic E-state index is 12.4. The van der Waals surface area contributed by atoms with E-state index in [9.17, 15) is 18.0 Å². The number of rotatable bonds is 5. The second-order valence-corrected chi connectivity index (χ2v) is 9.22. The molecule has 1 amide bonds. The molecule has 0 spiro atoms. The number of hydrogen-bond donors (Lipinski definition) is 2. The number of ether oxygens (including phenoxy) is 1. The van der Waals surface area contributed by atoms with Gasteiger partial charge in [0, 0.05) is 12.2 Å². The van der Waals surface area contributed by atoms with Crippen LogP contribution in [0.1, 0.15) is 27.4 Å². The van der Waals surface area contributed by atoms with Crippen molar-refractivity contribution < 1.29 is 27.9 Å². The van der Waals surface area contributed by atoms with Crippen molar-refractivity contribution in [1.82, 2.24) is 0 Å². The second kappa shape index (κ2) is 7.88. The number of carboxylic acid groups (broad SMARTS) is 1. The van der Waals surface area contributed by atoms with Gasteiger partial charge in [-0.15, -0.1) is 0 Å². The Balaban J connectivity index is 1.54. The summed E-state index contributed by atoms with van der Waals surface area (Å²) in [4.78, 5) is 23.3. The molecular weight excluding hydrogens is 418 g/mol. The molecule has 0 radical (unpaired) electrons. The number of sulfone groups is 1. The SMILES string of the molecule is CS(=O)(=O)c1cc(C(=O)O)ccc1NC(=O)OCC1c2ccccc2-c2ccccc21. The van der Waals surface area contributed by atoms with E-state index in [1.807, 2.05) is 48.5 Å². The lowest BCUT2D eigenvalue weighted by molar-refractivity contribution is 0.0696. The van der Waals surface area contributed by atoms with E-state index < -0.39 is 21.9 Å². The van der Waals surface area contributed by atoms with Gasteiger partial charge in [0.25, 0.3) is 0 Å². The highest BCUT2D eigenvalue weighted by molar-refractivity contribution is 7.90. The molecule has 0 unspecified atom stereocenters. The molecule has 31 heavy (non-hydrogen) atoms. The van der Waals surface area contributed by atoms with Crippen molar-refractivity contribution in [2.24, 2.45) is 0 Å². The van der Waals surface area contributed by atoms with Gasteiger partial charge in [-0.25, -0.2) is 18.0 Å². The third-order valence-electron chi connectivity index (χ3n) is 5.21. The first kappa shape index (κ1) is 20.6. The zero-order valence-corrected chi connectivity index (χ0v) is 17.3. The number of carbonyl (C=O) groups excluding carboxylic acids is 1. The molecule has 0 aliphatic heterocycles. The third kappa shape index (κ3) is 4.02. The minimum atomic E-state index is -3.78. The Hall–Kier alpha value is -3.65. The molecule has 0 atom stereocenters. The molecule has 1 aliphatic carbocycles. The smallest absolute Gasteiger partial charge is 0.411 e. The number of carbonyl (C=O) groups is 2. The van der Waals surface area contributed by atoms with Crippen molar-refractivity contribution in [1.29, 1.82) is 0 Å². The van der Waals surface area contributed by atoms with Gasteiger partial charge in [-0.1, -0.05) is 48.5 Å². The van der Waals surface area contributed by atoms with Crippen molar-refractivity contribution in [2.75, 3.05) is 18.2 Å². The molecule has 1 aliphatic rings. The normalized spacial score (nSPS) is 12.7. The van der Waals surface area contributed by atoms with Crippen LogP contribution in [0.2, 0.25) is 0 Å².